The lowest BCUT2D eigenvalue weighted by Gasteiger charge is -2.24. The Labute approximate surface area is 70.2 Å². The molecule has 66 valence electrons. The monoisotopic (exact) mass is 169 g/mol. The molecule has 1 aromatic heterocycles. The Kier molecular flexibility index (Phi) is 2.10. The Morgan fingerprint density at radius 2 is 2.50 bits per heavy atom. The Hall–Kier alpha value is -0.870. The Bertz CT molecular complexity index is 234. The maximum absolute atomic E-state index is 9.34. The van der Waals surface area contributed by atoms with Crippen LogP contribution in [0.25, 0.3) is 0 Å². The van der Waals surface area contributed by atoms with Crippen molar-refractivity contribution in [2.75, 3.05) is 6.61 Å². The number of nitrogens with zero attached hydrogens (tertiary/aromatic N) is 1. The molecule has 1 aliphatic heterocycles. The van der Waals surface area contributed by atoms with Crippen LogP contribution in [0.4, 0.5) is 0 Å². The van der Waals surface area contributed by atoms with Crippen LogP contribution in [0.15, 0.2) is 17.0 Å². The van der Waals surface area contributed by atoms with Gasteiger partial charge in [-0.15, -0.1) is 0 Å². The molecule has 0 spiro atoms. The van der Waals surface area contributed by atoms with Gasteiger partial charge in [0, 0.05) is 6.42 Å². The van der Waals surface area contributed by atoms with E-state index in [9.17, 15) is 5.11 Å². The van der Waals surface area contributed by atoms with E-state index in [1.807, 2.05) is 0 Å². The zero-order valence-electron chi connectivity index (χ0n) is 6.64. The predicted molar refractivity (Wildman–Crippen MR) is 40.4 cm³/mol. The highest BCUT2D eigenvalue weighted by molar-refractivity contribution is 4.96. The molecule has 0 saturated carbocycles. The fraction of sp³-hybridized carbons (Fsp3) is 0.625. The second kappa shape index (κ2) is 3.25. The highest BCUT2D eigenvalue weighted by atomic mass is 16.5. The average molecular weight is 169 g/mol. The summed E-state index contributed by atoms with van der Waals surface area (Å²) < 4.78 is 10.5. The molecule has 4 nitrogen and oxygen atoms in total. The van der Waals surface area contributed by atoms with Gasteiger partial charge in [-0.1, -0.05) is 0 Å². The Morgan fingerprint density at radius 3 is 3.17 bits per heavy atom. The lowest BCUT2D eigenvalue weighted by atomic mass is 10.1. The van der Waals surface area contributed by atoms with Gasteiger partial charge in [0.2, 0.25) is 0 Å². The van der Waals surface area contributed by atoms with Gasteiger partial charge in [-0.25, -0.2) is 4.98 Å². The molecular weight excluding hydrogens is 158 g/mol. The van der Waals surface area contributed by atoms with Crippen LogP contribution in [-0.4, -0.2) is 22.8 Å². The van der Waals surface area contributed by atoms with E-state index in [4.69, 9.17) is 9.15 Å². The number of hydrogen-bond donors (Lipinski definition) is 1. The first-order chi connectivity index (χ1) is 5.86. The van der Waals surface area contributed by atoms with Crippen molar-refractivity contribution in [2.45, 2.75) is 25.0 Å². The van der Waals surface area contributed by atoms with Gasteiger partial charge >= 0.3 is 0 Å². The summed E-state index contributed by atoms with van der Waals surface area (Å²) in [5.74, 6) is 0.703. The molecule has 1 aliphatic rings. The van der Waals surface area contributed by atoms with Gasteiger partial charge in [0.1, 0.15) is 6.10 Å². The van der Waals surface area contributed by atoms with Crippen molar-refractivity contribution in [3.05, 3.63) is 18.4 Å². The maximum atomic E-state index is 9.34. The number of aromatic nitrogens is 1. The molecule has 1 aromatic rings. The zero-order chi connectivity index (χ0) is 8.39. The Morgan fingerprint density at radius 1 is 1.58 bits per heavy atom. The predicted octanol–water partition coefficient (Wildman–Crippen LogP) is 0.887. The van der Waals surface area contributed by atoms with Gasteiger partial charge in [0.05, 0.1) is 18.9 Å². The van der Waals surface area contributed by atoms with Crippen LogP contribution < -0.4 is 0 Å². The molecule has 0 aromatic carbocycles. The maximum Gasteiger partial charge on any atom is 0.180 e. The van der Waals surface area contributed by atoms with Crippen LogP contribution in [0.1, 0.15) is 24.7 Å². The summed E-state index contributed by atoms with van der Waals surface area (Å²) in [6.45, 7) is 0.590. The highest BCUT2D eigenvalue weighted by Crippen LogP contribution is 2.27. The van der Waals surface area contributed by atoms with Gasteiger partial charge in [-0.2, -0.15) is 0 Å². The second-order valence-electron chi connectivity index (χ2n) is 2.94. The third-order valence-corrected chi connectivity index (χ3v) is 2.03. The van der Waals surface area contributed by atoms with Gasteiger partial charge in [-0.3, -0.25) is 0 Å². The molecule has 12 heavy (non-hydrogen) atoms. The minimum Gasteiger partial charge on any atom is -0.446 e. The standard InChI is InChI=1S/C8H11NO3/c10-6-1-2-11-7(3-6)8-4-9-5-12-8/h4-7,10H,1-3H2. The number of rotatable bonds is 1. The first-order valence-corrected chi connectivity index (χ1v) is 4.04. The molecule has 0 bridgehead atoms. The molecule has 2 heterocycles. The lowest BCUT2D eigenvalue weighted by molar-refractivity contribution is -0.0536. The summed E-state index contributed by atoms with van der Waals surface area (Å²) in [4.78, 5) is 3.79. The molecule has 4 heteroatoms. The van der Waals surface area contributed by atoms with Gasteiger partial charge in [0.25, 0.3) is 0 Å². The van der Waals surface area contributed by atoms with Crippen LogP contribution in [-0.2, 0) is 4.74 Å². The van der Waals surface area contributed by atoms with Crippen LogP contribution in [0.5, 0.6) is 0 Å². The summed E-state index contributed by atoms with van der Waals surface area (Å²) in [5, 5.41) is 9.34. The summed E-state index contributed by atoms with van der Waals surface area (Å²) in [6, 6.07) is 0. The van der Waals surface area contributed by atoms with Crippen LogP contribution in [0.2, 0.25) is 0 Å². The van der Waals surface area contributed by atoms with E-state index in [-0.39, 0.29) is 12.2 Å². The first-order valence-electron chi connectivity index (χ1n) is 4.04. The molecule has 0 aliphatic carbocycles. The van der Waals surface area contributed by atoms with Crippen LogP contribution >= 0.6 is 0 Å². The summed E-state index contributed by atoms with van der Waals surface area (Å²) >= 11 is 0. The number of aliphatic hydroxyl groups excluding tert-OH is 1. The molecule has 2 unspecified atom stereocenters. The van der Waals surface area contributed by atoms with E-state index in [2.05, 4.69) is 4.98 Å². The molecule has 1 saturated heterocycles. The molecule has 0 amide bonds. The van der Waals surface area contributed by atoms with Crippen LogP contribution in [0, 0.1) is 0 Å². The van der Waals surface area contributed by atoms with E-state index in [0.717, 1.165) is 0 Å². The SMILES string of the molecule is OC1CCOC(c2cnco2)C1. The zero-order valence-corrected chi connectivity index (χ0v) is 6.64. The first kappa shape index (κ1) is 7.76. The van der Waals surface area contributed by atoms with E-state index < -0.39 is 0 Å². The molecular formula is C8H11NO3. The van der Waals surface area contributed by atoms with E-state index >= 15 is 0 Å². The number of ether oxygens (including phenoxy) is 1. The van der Waals surface area contributed by atoms with E-state index in [0.29, 0.717) is 25.2 Å². The van der Waals surface area contributed by atoms with Crippen molar-refractivity contribution in [1.29, 1.82) is 0 Å². The molecule has 2 rings (SSSR count). The smallest absolute Gasteiger partial charge is 0.180 e. The van der Waals surface area contributed by atoms with Crippen molar-refractivity contribution in [3.63, 3.8) is 0 Å². The van der Waals surface area contributed by atoms with Gasteiger partial charge < -0.3 is 14.3 Å². The number of aliphatic hydroxyl groups is 1. The Balaban J connectivity index is 2.04. The van der Waals surface area contributed by atoms with Gasteiger partial charge in [-0.05, 0) is 6.42 Å². The largest absolute Gasteiger partial charge is 0.446 e. The van der Waals surface area contributed by atoms with Crippen molar-refractivity contribution in [3.8, 4) is 0 Å². The second-order valence-corrected chi connectivity index (χ2v) is 2.94. The minimum atomic E-state index is -0.270. The normalized spacial score (nSPS) is 30.4. The molecule has 1 fully saturated rings. The fourth-order valence-corrected chi connectivity index (χ4v) is 1.36. The van der Waals surface area contributed by atoms with E-state index in [1.54, 1.807) is 6.20 Å². The van der Waals surface area contributed by atoms with Crippen molar-refractivity contribution in [1.82, 2.24) is 4.98 Å². The third kappa shape index (κ3) is 1.49. The summed E-state index contributed by atoms with van der Waals surface area (Å²) in [5.41, 5.74) is 0. The third-order valence-electron chi connectivity index (χ3n) is 2.03. The van der Waals surface area contributed by atoms with Crippen LogP contribution in [0.3, 0.4) is 0 Å². The topological polar surface area (TPSA) is 55.5 Å². The van der Waals surface area contributed by atoms with Crippen molar-refractivity contribution in [2.24, 2.45) is 0 Å². The van der Waals surface area contributed by atoms with Crippen molar-refractivity contribution < 1.29 is 14.3 Å². The molecule has 1 N–H and O–H groups in total. The lowest BCUT2D eigenvalue weighted by Crippen LogP contribution is -2.23. The van der Waals surface area contributed by atoms with Crippen molar-refractivity contribution >= 4 is 0 Å². The fourth-order valence-electron chi connectivity index (χ4n) is 1.36. The minimum absolute atomic E-state index is 0.115. The highest BCUT2D eigenvalue weighted by Gasteiger charge is 2.24. The number of hydrogen-bond acceptors (Lipinski definition) is 4. The molecule has 2 atom stereocenters. The van der Waals surface area contributed by atoms with Gasteiger partial charge in [0.15, 0.2) is 12.2 Å². The quantitative estimate of drug-likeness (QED) is 0.678. The average Bonchev–Trinajstić information content (AvgIpc) is 2.56. The summed E-state index contributed by atoms with van der Waals surface area (Å²) in [6.07, 6.45) is 3.94. The molecule has 0 radical (unpaired) electrons. The summed E-state index contributed by atoms with van der Waals surface area (Å²) in [7, 11) is 0. The van der Waals surface area contributed by atoms with E-state index in [1.165, 1.54) is 6.39 Å². The number of oxazole rings is 1.